The van der Waals surface area contributed by atoms with Gasteiger partial charge in [0.05, 0.1) is 6.61 Å². The standard InChI is InChI=1S/C21H34N2O6Si/c1-16(18(24)27-13-14-30(5,6)7)23(22-19(25)29-21(2,3)4)20(26)28-15-17-11-9-8-10-12-17/h8-12,16H,13-15H2,1-7H3,(H,22,25). The molecule has 1 atom stereocenters. The van der Waals surface area contributed by atoms with Crippen molar-refractivity contribution in [2.75, 3.05) is 6.61 Å². The van der Waals surface area contributed by atoms with Gasteiger partial charge in [0.25, 0.3) is 0 Å². The second-order valence-electron chi connectivity index (χ2n) is 9.18. The lowest BCUT2D eigenvalue weighted by Crippen LogP contribution is -2.55. The molecular formula is C21H34N2O6Si. The maximum Gasteiger partial charge on any atom is 0.429 e. The molecule has 1 N–H and O–H groups in total. The van der Waals surface area contributed by atoms with E-state index < -0.39 is 37.9 Å². The maximum atomic E-state index is 12.6. The Kier molecular flexibility index (Phi) is 9.35. The summed E-state index contributed by atoms with van der Waals surface area (Å²) in [6.45, 7) is 13.3. The molecule has 2 amide bonds. The quantitative estimate of drug-likeness (QED) is 0.295. The topological polar surface area (TPSA) is 94.2 Å². The fourth-order valence-electron chi connectivity index (χ4n) is 2.17. The van der Waals surface area contributed by atoms with Gasteiger partial charge in [-0.05, 0) is 39.3 Å². The van der Waals surface area contributed by atoms with Crippen molar-refractivity contribution in [1.82, 2.24) is 10.4 Å². The zero-order valence-electron chi connectivity index (χ0n) is 19.0. The van der Waals surface area contributed by atoms with E-state index in [1.54, 1.807) is 32.9 Å². The predicted molar refractivity (Wildman–Crippen MR) is 116 cm³/mol. The highest BCUT2D eigenvalue weighted by Crippen LogP contribution is 2.11. The first-order valence-electron chi connectivity index (χ1n) is 9.95. The van der Waals surface area contributed by atoms with Gasteiger partial charge >= 0.3 is 18.2 Å². The summed E-state index contributed by atoms with van der Waals surface area (Å²) in [4.78, 5) is 37.3. The van der Waals surface area contributed by atoms with Crippen LogP contribution in [0.1, 0.15) is 33.3 Å². The number of ether oxygens (including phenoxy) is 3. The lowest BCUT2D eigenvalue weighted by atomic mass is 10.2. The summed E-state index contributed by atoms with van der Waals surface area (Å²) in [5.74, 6) is -0.638. The summed E-state index contributed by atoms with van der Waals surface area (Å²) >= 11 is 0. The molecule has 0 saturated carbocycles. The van der Waals surface area contributed by atoms with Crippen LogP contribution in [0, 0.1) is 0 Å². The molecule has 0 bridgehead atoms. The fraction of sp³-hybridized carbons (Fsp3) is 0.571. The molecule has 0 spiro atoms. The molecule has 0 aliphatic carbocycles. The Labute approximate surface area is 179 Å². The molecule has 1 rings (SSSR count). The normalized spacial score (nSPS) is 12.5. The number of hydrogen-bond acceptors (Lipinski definition) is 6. The van der Waals surface area contributed by atoms with Crippen molar-refractivity contribution in [1.29, 1.82) is 0 Å². The molecule has 8 nitrogen and oxygen atoms in total. The first-order valence-corrected chi connectivity index (χ1v) is 13.7. The second kappa shape index (κ2) is 11.0. The van der Waals surface area contributed by atoms with Gasteiger partial charge in [-0.25, -0.2) is 24.8 Å². The number of amides is 2. The molecule has 168 valence electrons. The van der Waals surface area contributed by atoms with Gasteiger partial charge < -0.3 is 14.2 Å². The van der Waals surface area contributed by atoms with Gasteiger partial charge in [0.1, 0.15) is 12.2 Å². The van der Waals surface area contributed by atoms with Crippen molar-refractivity contribution in [2.24, 2.45) is 0 Å². The predicted octanol–water partition coefficient (Wildman–Crippen LogP) is 4.33. The Balaban J connectivity index is 2.82. The van der Waals surface area contributed by atoms with Gasteiger partial charge in [-0.3, -0.25) is 0 Å². The van der Waals surface area contributed by atoms with Crippen molar-refractivity contribution in [2.45, 2.75) is 71.6 Å². The third-order valence-corrected chi connectivity index (χ3v) is 5.54. The summed E-state index contributed by atoms with van der Waals surface area (Å²) in [6, 6.07) is 8.78. The highest BCUT2D eigenvalue weighted by molar-refractivity contribution is 6.76. The molecule has 30 heavy (non-hydrogen) atoms. The summed E-state index contributed by atoms with van der Waals surface area (Å²) < 4.78 is 15.8. The zero-order valence-corrected chi connectivity index (χ0v) is 20.0. The average Bonchev–Trinajstić information content (AvgIpc) is 2.62. The highest BCUT2D eigenvalue weighted by atomic mass is 28.3. The van der Waals surface area contributed by atoms with Crippen LogP contribution < -0.4 is 5.43 Å². The average molecular weight is 439 g/mol. The zero-order chi connectivity index (χ0) is 22.9. The molecule has 0 fully saturated rings. The van der Waals surface area contributed by atoms with E-state index in [-0.39, 0.29) is 13.2 Å². The monoisotopic (exact) mass is 438 g/mol. The van der Waals surface area contributed by atoms with Crippen molar-refractivity contribution in [3.8, 4) is 0 Å². The van der Waals surface area contributed by atoms with Gasteiger partial charge in [0, 0.05) is 8.07 Å². The first-order chi connectivity index (χ1) is 13.8. The molecule has 0 aliphatic rings. The minimum absolute atomic E-state index is 0.0104. The van der Waals surface area contributed by atoms with Crippen molar-refractivity contribution in [3.63, 3.8) is 0 Å². The Hall–Kier alpha value is -2.55. The number of esters is 1. The Morgan fingerprint density at radius 2 is 1.67 bits per heavy atom. The lowest BCUT2D eigenvalue weighted by Gasteiger charge is -2.29. The summed E-state index contributed by atoms with van der Waals surface area (Å²) in [7, 11) is -1.38. The van der Waals surface area contributed by atoms with Crippen LogP contribution in [0.5, 0.6) is 0 Å². The van der Waals surface area contributed by atoms with E-state index in [1.165, 1.54) is 6.92 Å². The highest BCUT2D eigenvalue weighted by Gasteiger charge is 2.32. The molecular weight excluding hydrogens is 404 g/mol. The van der Waals surface area contributed by atoms with Crippen molar-refractivity contribution >= 4 is 26.2 Å². The summed E-state index contributed by atoms with van der Waals surface area (Å²) in [5.41, 5.74) is 2.30. The van der Waals surface area contributed by atoms with Crippen LogP contribution in [0.3, 0.4) is 0 Å². The molecule has 1 aromatic rings. The minimum atomic E-state index is -1.38. The molecule has 0 aromatic heterocycles. The van der Waals surface area contributed by atoms with Gasteiger partial charge in [-0.15, -0.1) is 0 Å². The van der Waals surface area contributed by atoms with E-state index in [4.69, 9.17) is 14.2 Å². The van der Waals surface area contributed by atoms with E-state index in [0.717, 1.165) is 16.6 Å². The van der Waals surface area contributed by atoms with Crippen molar-refractivity contribution < 1.29 is 28.6 Å². The minimum Gasteiger partial charge on any atom is -0.464 e. The van der Waals surface area contributed by atoms with Crippen LogP contribution in [0.15, 0.2) is 30.3 Å². The van der Waals surface area contributed by atoms with E-state index in [0.29, 0.717) is 0 Å². The van der Waals surface area contributed by atoms with E-state index in [2.05, 4.69) is 25.1 Å². The molecule has 1 aromatic carbocycles. The number of nitrogens with one attached hydrogen (secondary N) is 1. The number of hydrazine groups is 1. The molecule has 9 heteroatoms. The van der Waals surface area contributed by atoms with Crippen LogP contribution in [0.25, 0.3) is 0 Å². The third kappa shape index (κ3) is 10.3. The van der Waals surface area contributed by atoms with Gasteiger partial charge in [-0.1, -0.05) is 50.0 Å². The molecule has 0 saturated heterocycles. The maximum absolute atomic E-state index is 12.6. The van der Waals surface area contributed by atoms with Gasteiger partial charge in [0.2, 0.25) is 0 Å². The Bertz CT molecular complexity index is 712. The largest absolute Gasteiger partial charge is 0.464 e. The Morgan fingerprint density at radius 3 is 2.20 bits per heavy atom. The molecule has 0 aliphatic heterocycles. The number of rotatable bonds is 7. The Morgan fingerprint density at radius 1 is 1.07 bits per heavy atom. The van der Waals surface area contributed by atoms with Crippen LogP contribution in [0.2, 0.25) is 25.7 Å². The van der Waals surface area contributed by atoms with Gasteiger partial charge in [-0.2, -0.15) is 0 Å². The van der Waals surface area contributed by atoms with E-state index >= 15 is 0 Å². The molecule has 1 unspecified atom stereocenters. The SMILES string of the molecule is CC(C(=O)OCC[Si](C)(C)C)N(NC(=O)OC(C)(C)C)C(=O)OCc1ccccc1. The van der Waals surface area contributed by atoms with Crippen molar-refractivity contribution in [3.05, 3.63) is 35.9 Å². The van der Waals surface area contributed by atoms with Crippen LogP contribution in [0.4, 0.5) is 9.59 Å². The number of nitrogens with zero attached hydrogens (tertiary/aromatic N) is 1. The number of carbonyl (C=O) groups excluding carboxylic acids is 3. The first kappa shape index (κ1) is 25.5. The van der Waals surface area contributed by atoms with Crippen LogP contribution in [-0.4, -0.2) is 49.5 Å². The number of benzene rings is 1. The van der Waals surface area contributed by atoms with E-state index in [9.17, 15) is 14.4 Å². The third-order valence-electron chi connectivity index (χ3n) is 3.84. The number of carbonyl (C=O) groups is 3. The van der Waals surface area contributed by atoms with Gasteiger partial charge in [0.15, 0.2) is 6.04 Å². The van der Waals surface area contributed by atoms with E-state index in [1.807, 2.05) is 18.2 Å². The molecule has 0 radical (unpaired) electrons. The summed E-state index contributed by atoms with van der Waals surface area (Å²) in [6.07, 6.45) is -1.76. The second-order valence-corrected chi connectivity index (χ2v) is 14.8. The molecule has 0 heterocycles. The lowest BCUT2D eigenvalue weighted by molar-refractivity contribution is -0.149. The summed E-state index contributed by atoms with van der Waals surface area (Å²) in [5, 5.41) is 0.799. The van der Waals surface area contributed by atoms with Crippen LogP contribution >= 0.6 is 0 Å². The number of hydrogen-bond donors (Lipinski definition) is 1. The smallest absolute Gasteiger partial charge is 0.429 e. The fourth-order valence-corrected chi connectivity index (χ4v) is 2.89. The van der Waals surface area contributed by atoms with Crippen LogP contribution in [-0.2, 0) is 25.6 Å².